The van der Waals surface area contributed by atoms with E-state index in [0.29, 0.717) is 24.5 Å². The lowest BCUT2D eigenvalue weighted by atomic mass is 10.1. The standard InChI is InChI=1S/C21H22N4O3/c1-14-10-23(13-22-14)18-8-9-19-21(27)24(15(2)11-25(19)20(18)26)12-16-4-6-17(28-3)7-5-16/h4-10,13,15H,11-12H2,1-3H3. The Kier molecular flexibility index (Phi) is 4.50. The third-order valence-electron chi connectivity index (χ3n) is 5.11. The van der Waals surface area contributed by atoms with E-state index in [0.717, 1.165) is 17.0 Å². The predicted octanol–water partition coefficient (Wildman–Crippen LogP) is 2.40. The molecule has 0 radical (unpaired) electrons. The molecule has 0 spiro atoms. The van der Waals surface area contributed by atoms with Crippen LogP contribution in [0.4, 0.5) is 0 Å². The first-order valence-electron chi connectivity index (χ1n) is 9.16. The first-order valence-corrected chi connectivity index (χ1v) is 9.16. The summed E-state index contributed by atoms with van der Waals surface area (Å²) in [6.45, 7) is 4.78. The normalized spacial score (nSPS) is 16.2. The number of hydrogen-bond acceptors (Lipinski definition) is 4. The largest absolute Gasteiger partial charge is 0.497 e. The second kappa shape index (κ2) is 6.99. The number of methoxy groups -OCH3 is 1. The first-order chi connectivity index (χ1) is 13.5. The zero-order valence-electron chi connectivity index (χ0n) is 16.1. The Balaban J connectivity index is 1.65. The SMILES string of the molecule is COc1ccc(CN2C(=O)c3ccc(-n4cnc(C)c4)c(=O)n3CC2C)cc1. The molecule has 1 aliphatic heterocycles. The molecule has 0 saturated carbocycles. The maximum atomic E-state index is 13.1. The summed E-state index contributed by atoms with van der Waals surface area (Å²) in [4.78, 5) is 32.0. The molecule has 1 unspecified atom stereocenters. The molecule has 4 rings (SSSR count). The van der Waals surface area contributed by atoms with Gasteiger partial charge in [-0.15, -0.1) is 0 Å². The van der Waals surface area contributed by atoms with E-state index in [2.05, 4.69) is 4.98 Å². The predicted molar refractivity (Wildman–Crippen MR) is 105 cm³/mol. The average molecular weight is 378 g/mol. The van der Waals surface area contributed by atoms with Gasteiger partial charge in [-0.2, -0.15) is 0 Å². The number of ether oxygens (including phenoxy) is 1. The number of fused-ring (bicyclic) bond motifs is 1. The maximum Gasteiger partial charge on any atom is 0.275 e. The molecule has 1 aliphatic rings. The Morgan fingerprint density at radius 2 is 1.89 bits per heavy atom. The van der Waals surface area contributed by atoms with Gasteiger partial charge in [0.25, 0.3) is 11.5 Å². The summed E-state index contributed by atoms with van der Waals surface area (Å²) < 4.78 is 8.46. The summed E-state index contributed by atoms with van der Waals surface area (Å²) in [5, 5.41) is 0. The molecule has 28 heavy (non-hydrogen) atoms. The van der Waals surface area contributed by atoms with E-state index >= 15 is 0 Å². The van der Waals surface area contributed by atoms with Crippen molar-refractivity contribution in [2.24, 2.45) is 0 Å². The lowest BCUT2D eigenvalue weighted by Crippen LogP contribution is -2.49. The quantitative estimate of drug-likeness (QED) is 0.699. The van der Waals surface area contributed by atoms with Crippen LogP contribution in [0.25, 0.3) is 5.69 Å². The summed E-state index contributed by atoms with van der Waals surface area (Å²) >= 11 is 0. The minimum absolute atomic E-state index is 0.0976. The molecule has 2 aromatic heterocycles. The Morgan fingerprint density at radius 3 is 2.54 bits per heavy atom. The number of carbonyl (C=O) groups is 1. The smallest absolute Gasteiger partial charge is 0.275 e. The van der Waals surface area contributed by atoms with Gasteiger partial charge in [-0.1, -0.05) is 12.1 Å². The number of rotatable bonds is 4. The van der Waals surface area contributed by atoms with Crippen LogP contribution < -0.4 is 10.3 Å². The molecule has 0 fully saturated rings. The van der Waals surface area contributed by atoms with Crippen molar-refractivity contribution in [1.29, 1.82) is 0 Å². The lowest BCUT2D eigenvalue weighted by molar-refractivity contribution is 0.0590. The molecule has 0 bridgehead atoms. The molecule has 7 heteroatoms. The van der Waals surface area contributed by atoms with Gasteiger partial charge in [0.15, 0.2) is 0 Å². The summed E-state index contributed by atoms with van der Waals surface area (Å²) in [6.07, 6.45) is 3.41. The van der Waals surface area contributed by atoms with E-state index in [1.807, 2.05) is 38.1 Å². The molecule has 3 heterocycles. The van der Waals surface area contributed by atoms with Gasteiger partial charge < -0.3 is 18.8 Å². The van der Waals surface area contributed by atoms with Crippen LogP contribution in [0.15, 0.2) is 53.7 Å². The minimum Gasteiger partial charge on any atom is -0.497 e. The van der Waals surface area contributed by atoms with Gasteiger partial charge in [0, 0.05) is 25.3 Å². The number of benzene rings is 1. The molecule has 7 nitrogen and oxygen atoms in total. The van der Waals surface area contributed by atoms with E-state index in [1.165, 1.54) is 0 Å². The topological polar surface area (TPSA) is 69.4 Å². The molecule has 1 aromatic carbocycles. The molecule has 3 aromatic rings. The van der Waals surface area contributed by atoms with Crippen LogP contribution in [0.2, 0.25) is 0 Å². The van der Waals surface area contributed by atoms with Gasteiger partial charge in [-0.05, 0) is 43.7 Å². The van der Waals surface area contributed by atoms with Crippen molar-refractivity contribution >= 4 is 5.91 Å². The zero-order valence-corrected chi connectivity index (χ0v) is 16.1. The van der Waals surface area contributed by atoms with Crippen LogP contribution in [0.1, 0.15) is 28.7 Å². The van der Waals surface area contributed by atoms with Gasteiger partial charge in [0.1, 0.15) is 17.1 Å². The monoisotopic (exact) mass is 378 g/mol. The molecule has 1 amide bonds. The molecule has 144 valence electrons. The van der Waals surface area contributed by atoms with E-state index in [4.69, 9.17) is 4.74 Å². The Morgan fingerprint density at radius 1 is 1.14 bits per heavy atom. The third kappa shape index (κ3) is 3.09. The van der Waals surface area contributed by atoms with Crippen LogP contribution in [0.5, 0.6) is 5.75 Å². The van der Waals surface area contributed by atoms with Gasteiger partial charge in [0.2, 0.25) is 0 Å². The molecular weight excluding hydrogens is 356 g/mol. The number of pyridine rings is 1. The number of amides is 1. The number of imidazole rings is 1. The Hall–Kier alpha value is -3.35. The molecule has 0 saturated heterocycles. The van der Waals surface area contributed by atoms with Crippen LogP contribution in [0.3, 0.4) is 0 Å². The fourth-order valence-corrected chi connectivity index (χ4v) is 3.55. The fraction of sp³-hybridized carbons (Fsp3) is 0.286. The van der Waals surface area contributed by atoms with Gasteiger partial charge in [0.05, 0.1) is 19.1 Å². The number of hydrogen-bond donors (Lipinski definition) is 0. The summed E-state index contributed by atoms with van der Waals surface area (Å²) in [6, 6.07) is 11.0. The van der Waals surface area contributed by atoms with E-state index in [9.17, 15) is 9.59 Å². The van der Waals surface area contributed by atoms with Crippen molar-refractivity contribution in [2.45, 2.75) is 33.0 Å². The van der Waals surface area contributed by atoms with Crippen molar-refractivity contribution in [3.8, 4) is 11.4 Å². The van der Waals surface area contributed by atoms with Crippen molar-refractivity contribution < 1.29 is 9.53 Å². The number of aryl methyl sites for hydroxylation is 1. The number of carbonyl (C=O) groups excluding carboxylic acids is 1. The van der Waals surface area contributed by atoms with Crippen molar-refractivity contribution in [3.63, 3.8) is 0 Å². The lowest BCUT2D eigenvalue weighted by Gasteiger charge is -2.35. The summed E-state index contributed by atoms with van der Waals surface area (Å²) in [5.74, 6) is 0.640. The highest BCUT2D eigenvalue weighted by Gasteiger charge is 2.31. The minimum atomic E-state index is -0.181. The van der Waals surface area contributed by atoms with E-state index < -0.39 is 0 Å². The highest BCUT2D eigenvalue weighted by Crippen LogP contribution is 2.21. The molecular formula is C21H22N4O3. The van der Waals surface area contributed by atoms with Crippen LogP contribution in [0, 0.1) is 6.92 Å². The van der Waals surface area contributed by atoms with Crippen LogP contribution in [-0.2, 0) is 13.1 Å². The highest BCUT2D eigenvalue weighted by atomic mass is 16.5. The number of aromatic nitrogens is 3. The second-order valence-electron chi connectivity index (χ2n) is 7.07. The van der Waals surface area contributed by atoms with Gasteiger partial charge in [-0.25, -0.2) is 4.98 Å². The molecule has 0 N–H and O–H groups in total. The van der Waals surface area contributed by atoms with Crippen LogP contribution >= 0.6 is 0 Å². The average Bonchev–Trinajstić information content (AvgIpc) is 3.12. The van der Waals surface area contributed by atoms with Crippen molar-refractivity contribution in [2.75, 3.05) is 7.11 Å². The maximum absolute atomic E-state index is 13.1. The first kappa shape index (κ1) is 18.0. The zero-order chi connectivity index (χ0) is 19.8. The summed E-state index contributed by atoms with van der Waals surface area (Å²) in [5.41, 5.74) is 2.57. The van der Waals surface area contributed by atoms with Crippen molar-refractivity contribution in [3.05, 3.63) is 76.2 Å². The van der Waals surface area contributed by atoms with Crippen molar-refractivity contribution in [1.82, 2.24) is 19.0 Å². The van der Waals surface area contributed by atoms with E-state index in [1.54, 1.807) is 45.8 Å². The van der Waals surface area contributed by atoms with Gasteiger partial charge in [-0.3, -0.25) is 9.59 Å². The van der Waals surface area contributed by atoms with Gasteiger partial charge >= 0.3 is 0 Å². The molecule has 1 atom stereocenters. The van der Waals surface area contributed by atoms with Crippen LogP contribution in [-0.4, -0.2) is 38.1 Å². The van der Waals surface area contributed by atoms with E-state index in [-0.39, 0.29) is 17.5 Å². The Labute approximate surface area is 162 Å². The highest BCUT2D eigenvalue weighted by molar-refractivity contribution is 5.93. The third-order valence-corrected chi connectivity index (χ3v) is 5.11. The fourth-order valence-electron chi connectivity index (χ4n) is 3.55. The Bertz CT molecular complexity index is 1080. The summed E-state index contributed by atoms with van der Waals surface area (Å²) in [7, 11) is 1.62. The second-order valence-corrected chi connectivity index (χ2v) is 7.07. The molecule has 0 aliphatic carbocycles. The number of nitrogens with zero attached hydrogens (tertiary/aromatic N) is 4.